The number of nitrogens with zero attached hydrogens (tertiary/aromatic N) is 1. The highest BCUT2D eigenvalue weighted by Crippen LogP contribution is 2.27. The molecular formula is C14H18N4O2S. The summed E-state index contributed by atoms with van der Waals surface area (Å²) in [4.78, 5) is 0.216. The second kappa shape index (κ2) is 5.07. The van der Waals surface area contributed by atoms with Crippen LogP contribution in [0.1, 0.15) is 23.4 Å². The molecule has 0 saturated heterocycles. The van der Waals surface area contributed by atoms with Gasteiger partial charge in [0, 0.05) is 12.2 Å². The van der Waals surface area contributed by atoms with Crippen molar-refractivity contribution in [1.29, 1.82) is 0 Å². The Hall–Kier alpha value is -2.02. The van der Waals surface area contributed by atoms with E-state index in [1.165, 1.54) is 5.56 Å². The number of rotatable bonds is 3. The standard InChI is InChI=1S/C14H18N4O2S/c1-9-14(10(2)17-16-9)21(19,20)18-12-6-5-11-4-3-7-15-13(11)8-12/h5-6,8,15,18H,3-4,7H2,1-2H3,(H,16,17). The Labute approximate surface area is 124 Å². The van der Waals surface area contributed by atoms with Crippen LogP contribution in [0.2, 0.25) is 0 Å². The second-order valence-corrected chi connectivity index (χ2v) is 6.89. The third-order valence-electron chi connectivity index (χ3n) is 3.63. The maximum Gasteiger partial charge on any atom is 0.265 e. The van der Waals surface area contributed by atoms with Gasteiger partial charge < -0.3 is 5.32 Å². The maximum absolute atomic E-state index is 12.5. The van der Waals surface area contributed by atoms with Crippen LogP contribution in [0.3, 0.4) is 0 Å². The van der Waals surface area contributed by atoms with Crippen molar-refractivity contribution in [3.8, 4) is 0 Å². The van der Waals surface area contributed by atoms with Crippen molar-refractivity contribution in [3.63, 3.8) is 0 Å². The minimum absolute atomic E-state index is 0.216. The summed E-state index contributed by atoms with van der Waals surface area (Å²) in [6, 6.07) is 5.61. The van der Waals surface area contributed by atoms with E-state index in [0.29, 0.717) is 17.1 Å². The largest absolute Gasteiger partial charge is 0.385 e. The van der Waals surface area contributed by atoms with Crippen molar-refractivity contribution in [2.24, 2.45) is 0 Å². The van der Waals surface area contributed by atoms with Crippen LogP contribution >= 0.6 is 0 Å². The SMILES string of the molecule is Cc1n[nH]c(C)c1S(=O)(=O)Nc1ccc2c(c1)NCCC2. The third-order valence-corrected chi connectivity index (χ3v) is 5.27. The van der Waals surface area contributed by atoms with Crippen LogP contribution in [0, 0.1) is 13.8 Å². The molecule has 3 N–H and O–H groups in total. The van der Waals surface area contributed by atoms with Gasteiger partial charge in [0.05, 0.1) is 17.1 Å². The number of anilines is 2. The zero-order valence-electron chi connectivity index (χ0n) is 12.0. The van der Waals surface area contributed by atoms with Crippen LogP contribution in [0.25, 0.3) is 0 Å². The van der Waals surface area contributed by atoms with Crippen molar-refractivity contribution >= 4 is 21.4 Å². The predicted octanol–water partition coefficient (Wildman–Crippen LogP) is 2.19. The molecule has 1 aliphatic heterocycles. The van der Waals surface area contributed by atoms with Gasteiger partial charge in [-0.1, -0.05) is 6.07 Å². The third kappa shape index (κ3) is 2.61. The molecule has 0 amide bonds. The molecular weight excluding hydrogens is 288 g/mol. The molecule has 1 aliphatic rings. The Balaban J connectivity index is 1.93. The molecule has 0 fully saturated rings. The van der Waals surface area contributed by atoms with Crippen molar-refractivity contribution in [3.05, 3.63) is 35.2 Å². The van der Waals surface area contributed by atoms with Gasteiger partial charge in [0.15, 0.2) is 0 Å². The van der Waals surface area contributed by atoms with E-state index in [2.05, 4.69) is 20.2 Å². The highest BCUT2D eigenvalue weighted by atomic mass is 32.2. The predicted molar refractivity (Wildman–Crippen MR) is 82.1 cm³/mol. The van der Waals surface area contributed by atoms with Gasteiger partial charge in [0.2, 0.25) is 0 Å². The van der Waals surface area contributed by atoms with Crippen molar-refractivity contribution in [2.45, 2.75) is 31.6 Å². The summed E-state index contributed by atoms with van der Waals surface area (Å²) >= 11 is 0. The number of H-pyrrole nitrogens is 1. The number of benzene rings is 1. The molecule has 3 rings (SSSR count). The molecule has 1 aromatic heterocycles. The van der Waals surface area contributed by atoms with E-state index in [0.717, 1.165) is 25.1 Å². The molecule has 21 heavy (non-hydrogen) atoms. The van der Waals surface area contributed by atoms with Gasteiger partial charge >= 0.3 is 0 Å². The first-order valence-electron chi connectivity index (χ1n) is 6.88. The lowest BCUT2D eigenvalue weighted by Crippen LogP contribution is -2.16. The summed E-state index contributed by atoms with van der Waals surface area (Å²) in [5.41, 5.74) is 3.79. The van der Waals surface area contributed by atoms with Gasteiger partial charge in [-0.05, 0) is 44.4 Å². The van der Waals surface area contributed by atoms with Gasteiger partial charge in [-0.15, -0.1) is 0 Å². The first-order valence-corrected chi connectivity index (χ1v) is 8.37. The summed E-state index contributed by atoms with van der Waals surface area (Å²) in [5.74, 6) is 0. The zero-order chi connectivity index (χ0) is 15.0. The van der Waals surface area contributed by atoms with Crippen molar-refractivity contribution < 1.29 is 8.42 Å². The topological polar surface area (TPSA) is 86.9 Å². The van der Waals surface area contributed by atoms with Gasteiger partial charge in [-0.25, -0.2) is 8.42 Å². The van der Waals surface area contributed by atoms with Crippen molar-refractivity contribution in [1.82, 2.24) is 10.2 Å². The van der Waals surface area contributed by atoms with Crippen LogP contribution in [0.5, 0.6) is 0 Å². The Morgan fingerprint density at radius 1 is 1.29 bits per heavy atom. The minimum Gasteiger partial charge on any atom is -0.385 e. The lowest BCUT2D eigenvalue weighted by atomic mass is 10.0. The zero-order valence-corrected chi connectivity index (χ0v) is 12.8. The molecule has 0 atom stereocenters. The van der Waals surface area contributed by atoms with E-state index >= 15 is 0 Å². The number of hydrogen-bond donors (Lipinski definition) is 3. The van der Waals surface area contributed by atoms with E-state index in [4.69, 9.17) is 0 Å². The van der Waals surface area contributed by atoms with Gasteiger partial charge in [0.25, 0.3) is 10.0 Å². The fraction of sp³-hybridized carbons (Fsp3) is 0.357. The molecule has 0 radical (unpaired) electrons. The molecule has 2 aromatic rings. The first kappa shape index (κ1) is 13.9. The number of hydrogen-bond acceptors (Lipinski definition) is 4. The fourth-order valence-electron chi connectivity index (χ4n) is 2.67. The van der Waals surface area contributed by atoms with Gasteiger partial charge in [-0.2, -0.15) is 5.10 Å². The molecule has 1 aromatic carbocycles. The fourth-order valence-corrected chi connectivity index (χ4v) is 4.09. The molecule has 0 unspecified atom stereocenters. The van der Waals surface area contributed by atoms with E-state index in [1.54, 1.807) is 19.9 Å². The number of aryl methyl sites for hydroxylation is 3. The second-order valence-electron chi connectivity index (χ2n) is 5.27. The van der Waals surface area contributed by atoms with E-state index in [-0.39, 0.29) is 4.90 Å². The molecule has 112 valence electrons. The Bertz CT molecular complexity index is 761. The average molecular weight is 306 g/mol. The monoisotopic (exact) mass is 306 g/mol. The van der Waals surface area contributed by atoms with E-state index in [9.17, 15) is 8.42 Å². The summed E-state index contributed by atoms with van der Waals surface area (Å²) in [6.45, 7) is 4.29. The molecule has 7 heteroatoms. The normalized spacial score (nSPS) is 14.4. The van der Waals surface area contributed by atoms with Crippen LogP contribution in [0.4, 0.5) is 11.4 Å². The van der Waals surface area contributed by atoms with Crippen LogP contribution < -0.4 is 10.0 Å². The summed E-state index contributed by atoms with van der Waals surface area (Å²) < 4.78 is 27.6. The highest BCUT2D eigenvalue weighted by molar-refractivity contribution is 7.92. The lowest BCUT2D eigenvalue weighted by molar-refractivity contribution is 0.600. The van der Waals surface area contributed by atoms with E-state index < -0.39 is 10.0 Å². The quantitative estimate of drug-likeness (QED) is 0.811. The number of aromatic nitrogens is 2. The molecule has 2 heterocycles. The van der Waals surface area contributed by atoms with Crippen LogP contribution in [-0.2, 0) is 16.4 Å². The number of aromatic amines is 1. The molecule has 0 saturated carbocycles. The van der Waals surface area contributed by atoms with Crippen LogP contribution in [0.15, 0.2) is 23.1 Å². The molecule has 0 spiro atoms. The smallest absolute Gasteiger partial charge is 0.265 e. The number of fused-ring (bicyclic) bond motifs is 1. The van der Waals surface area contributed by atoms with Crippen LogP contribution in [-0.4, -0.2) is 25.2 Å². The Kier molecular flexibility index (Phi) is 3.36. The molecule has 6 nitrogen and oxygen atoms in total. The Morgan fingerprint density at radius 3 is 2.81 bits per heavy atom. The summed E-state index contributed by atoms with van der Waals surface area (Å²) in [7, 11) is -3.63. The molecule has 0 aliphatic carbocycles. The van der Waals surface area contributed by atoms with Crippen molar-refractivity contribution in [2.75, 3.05) is 16.6 Å². The molecule has 0 bridgehead atoms. The minimum atomic E-state index is -3.63. The number of sulfonamides is 1. The summed E-state index contributed by atoms with van der Waals surface area (Å²) in [6.07, 6.45) is 2.13. The first-order chi connectivity index (χ1) is 9.97. The maximum atomic E-state index is 12.5. The summed E-state index contributed by atoms with van der Waals surface area (Å²) in [5, 5.41) is 9.93. The Morgan fingerprint density at radius 2 is 2.10 bits per heavy atom. The van der Waals surface area contributed by atoms with Gasteiger partial charge in [0.1, 0.15) is 4.90 Å². The number of nitrogens with one attached hydrogen (secondary N) is 3. The van der Waals surface area contributed by atoms with E-state index in [1.807, 2.05) is 12.1 Å². The van der Waals surface area contributed by atoms with Gasteiger partial charge in [-0.3, -0.25) is 9.82 Å². The highest BCUT2D eigenvalue weighted by Gasteiger charge is 2.22. The average Bonchev–Trinajstić information content (AvgIpc) is 2.78. The lowest BCUT2D eigenvalue weighted by Gasteiger charge is -2.19.